The van der Waals surface area contributed by atoms with E-state index in [4.69, 9.17) is 0 Å². The molecule has 1 heterocycles. The summed E-state index contributed by atoms with van der Waals surface area (Å²) in [6.07, 6.45) is 2.55. The van der Waals surface area contributed by atoms with E-state index in [1.165, 1.54) is 18.4 Å². The molecular formula is C13H23NS. The highest BCUT2D eigenvalue weighted by molar-refractivity contribution is 7.07. The smallest absolute Gasteiger partial charge is 0.00173 e. The number of hydrogen-bond acceptors (Lipinski definition) is 2. The first-order chi connectivity index (χ1) is 7.22. The molecule has 0 saturated carbocycles. The van der Waals surface area contributed by atoms with E-state index in [1.54, 1.807) is 11.3 Å². The summed E-state index contributed by atoms with van der Waals surface area (Å²) in [5, 5.41) is 7.92. The zero-order valence-corrected chi connectivity index (χ0v) is 10.9. The van der Waals surface area contributed by atoms with Crippen molar-refractivity contribution < 1.29 is 0 Å². The Hall–Kier alpha value is -0.340. The molecule has 1 nitrogen and oxygen atoms in total. The molecule has 15 heavy (non-hydrogen) atoms. The van der Waals surface area contributed by atoms with Crippen molar-refractivity contribution in [2.24, 2.45) is 11.8 Å². The maximum Gasteiger partial charge on any atom is -0.00173 e. The van der Waals surface area contributed by atoms with Crippen LogP contribution >= 0.6 is 11.3 Å². The first-order valence-electron chi connectivity index (χ1n) is 5.94. The van der Waals surface area contributed by atoms with E-state index in [0.29, 0.717) is 0 Å². The third-order valence-electron chi connectivity index (χ3n) is 2.59. The van der Waals surface area contributed by atoms with Gasteiger partial charge in [0.2, 0.25) is 0 Å². The molecule has 0 saturated heterocycles. The minimum absolute atomic E-state index is 0.791. The van der Waals surface area contributed by atoms with Crippen molar-refractivity contribution in [3.05, 3.63) is 22.4 Å². The van der Waals surface area contributed by atoms with E-state index in [1.807, 2.05) is 0 Å². The molecule has 1 unspecified atom stereocenters. The van der Waals surface area contributed by atoms with Gasteiger partial charge in [-0.2, -0.15) is 11.3 Å². The fraction of sp³-hybridized carbons (Fsp3) is 0.692. The minimum Gasteiger partial charge on any atom is -0.317 e. The molecule has 0 fully saturated rings. The molecule has 0 aliphatic carbocycles. The van der Waals surface area contributed by atoms with Gasteiger partial charge in [-0.3, -0.25) is 0 Å². The minimum atomic E-state index is 0.791. The van der Waals surface area contributed by atoms with Gasteiger partial charge in [0.25, 0.3) is 0 Å². The van der Waals surface area contributed by atoms with E-state index in [-0.39, 0.29) is 0 Å². The Morgan fingerprint density at radius 2 is 2.20 bits per heavy atom. The van der Waals surface area contributed by atoms with E-state index in [2.05, 4.69) is 42.9 Å². The second kappa shape index (κ2) is 7.02. The van der Waals surface area contributed by atoms with Gasteiger partial charge in [-0.05, 0) is 60.2 Å². The fourth-order valence-electron chi connectivity index (χ4n) is 2.00. The molecule has 0 aliphatic rings. The van der Waals surface area contributed by atoms with Crippen molar-refractivity contribution in [2.75, 3.05) is 13.1 Å². The molecule has 1 rings (SSSR count). The molecule has 0 spiro atoms. The molecule has 0 aromatic carbocycles. The topological polar surface area (TPSA) is 12.0 Å². The summed E-state index contributed by atoms with van der Waals surface area (Å²) >= 11 is 1.80. The van der Waals surface area contributed by atoms with Gasteiger partial charge < -0.3 is 5.32 Å². The van der Waals surface area contributed by atoms with Crippen LogP contribution in [0.1, 0.15) is 32.8 Å². The molecule has 86 valence electrons. The Bertz CT molecular complexity index is 241. The highest BCUT2D eigenvalue weighted by Gasteiger charge is 2.11. The van der Waals surface area contributed by atoms with Crippen LogP contribution in [-0.2, 0) is 6.42 Å². The van der Waals surface area contributed by atoms with Crippen LogP contribution in [0.25, 0.3) is 0 Å². The molecule has 1 aromatic heterocycles. The molecule has 0 amide bonds. The SMILES string of the molecule is CCNCC(Cc1ccsc1)CC(C)C. The average Bonchev–Trinajstić information content (AvgIpc) is 2.66. The monoisotopic (exact) mass is 225 g/mol. The van der Waals surface area contributed by atoms with Crippen molar-refractivity contribution in [3.63, 3.8) is 0 Å². The van der Waals surface area contributed by atoms with Gasteiger partial charge in [-0.15, -0.1) is 0 Å². The van der Waals surface area contributed by atoms with Gasteiger partial charge in [-0.25, -0.2) is 0 Å². The lowest BCUT2D eigenvalue weighted by molar-refractivity contribution is 0.389. The number of nitrogens with one attached hydrogen (secondary N) is 1. The first-order valence-corrected chi connectivity index (χ1v) is 6.88. The highest BCUT2D eigenvalue weighted by Crippen LogP contribution is 2.18. The lowest BCUT2D eigenvalue weighted by Gasteiger charge is -2.18. The molecule has 0 bridgehead atoms. The predicted octanol–water partition coefficient (Wildman–Crippen LogP) is 3.56. The van der Waals surface area contributed by atoms with E-state index < -0.39 is 0 Å². The maximum absolute atomic E-state index is 3.47. The number of thiophene rings is 1. The molecule has 1 atom stereocenters. The van der Waals surface area contributed by atoms with Crippen LogP contribution in [0.15, 0.2) is 16.8 Å². The summed E-state index contributed by atoms with van der Waals surface area (Å²) in [7, 11) is 0. The Balaban J connectivity index is 2.41. The molecular weight excluding hydrogens is 202 g/mol. The van der Waals surface area contributed by atoms with E-state index in [0.717, 1.165) is 24.9 Å². The van der Waals surface area contributed by atoms with Gasteiger partial charge in [0.1, 0.15) is 0 Å². The largest absolute Gasteiger partial charge is 0.317 e. The molecule has 2 heteroatoms. The normalized spacial score (nSPS) is 13.3. The lowest BCUT2D eigenvalue weighted by atomic mass is 9.92. The third-order valence-corrected chi connectivity index (χ3v) is 3.32. The van der Waals surface area contributed by atoms with Crippen LogP contribution < -0.4 is 5.32 Å². The average molecular weight is 225 g/mol. The van der Waals surface area contributed by atoms with Crippen LogP contribution in [0.4, 0.5) is 0 Å². The van der Waals surface area contributed by atoms with E-state index in [9.17, 15) is 0 Å². The summed E-state index contributed by atoms with van der Waals surface area (Å²) in [6.45, 7) is 9.04. The summed E-state index contributed by atoms with van der Waals surface area (Å²) < 4.78 is 0. The summed E-state index contributed by atoms with van der Waals surface area (Å²) in [5.41, 5.74) is 1.50. The lowest BCUT2D eigenvalue weighted by Crippen LogP contribution is -2.25. The standard InChI is InChI=1S/C13H23NS/c1-4-14-9-13(7-11(2)3)8-12-5-6-15-10-12/h5-6,10-11,13-14H,4,7-9H2,1-3H3. The van der Waals surface area contributed by atoms with Crippen molar-refractivity contribution in [1.82, 2.24) is 5.32 Å². The van der Waals surface area contributed by atoms with Crippen LogP contribution in [0.3, 0.4) is 0 Å². The van der Waals surface area contributed by atoms with Crippen LogP contribution in [0.5, 0.6) is 0 Å². The molecule has 1 aromatic rings. The van der Waals surface area contributed by atoms with Crippen LogP contribution in [-0.4, -0.2) is 13.1 Å². The Morgan fingerprint density at radius 1 is 1.40 bits per heavy atom. The first kappa shape index (κ1) is 12.7. The highest BCUT2D eigenvalue weighted by atomic mass is 32.1. The summed E-state index contributed by atoms with van der Waals surface area (Å²) in [5.74, 6) is 1.59. The van der Waals surface area contributed by atoms with E-state index >= 15 is 0 Å². The number of hydrogen-bond donors (Lipinski definition) is 1. The zero-order chi connectivity index (χ0) is 11.1. The van der Waals surface area contributed by atoms with Gasteiger partial charge in [0.15, 0.2) is 0 Å². The summed E-state index contributed by atoms with van der Waals surface area (Å²) in [4.78, 5) is 0. The van der Waals surface area contributed by atoms with Gasteiger partial charge in [0.05, 0.1) is 0 Å². The quantitative estimate of drug-likeness (QED) is 0.748. The third kappa shape index (κ3) is 5.33. The zero-order valence-electron chi connectivity index (χ0n) is 10.1. The van der Waals surface area contributed by atoms with Gasteiger partial charge in [-0.1, -0.05) is 20.8 Å². The van der Waals surface area contributed by atoms with Crippen molar-refractivity contribution in [2.45, 2.75) is 33.6 Å². The maximum atomic E-state index is 3.47. The van der Waals surface area contributed by atoms with Crippen molar-refractivity contribution >= 4 is 11.3 Å². The number of rotatable bonds is 7. The molecule has 1 N–H and O–H groups in total. The molecule has 0 radical (unpaired) electrons. The predicted molar refractivity (Wildman–Crippen MR) is 69.5 cm³/mol. The van der Waals surface area contributed by atoms with Crippen LogP contribution in [0, 0.1) is 11.8 Å². The van der Waals surface area contributed by atoms with Crippen LogP contribution in [0.2, 0.25) is 0 Å². The fourth-order valence-corrected chi connectivity index (χ4v) is 2.68. The van der Waals surface area contributed by atoms with Crippen molar-refractivity contribution in [3.8, 4) is 0 Å². The second-order valence-electron chi connectivity index (χ2n) is 4.64. The Labute approximate surface area is 97.9 Å². The Morgan fingerprint density at radius 3 is 2.73 bits per heavy atom. The van der Waals surface area contributed by atoms with Crippen molar-refractivity contribution in [1.29, 1.82) is 0 Å². The summed E-state index contributed by atoms with van der Waals surface area (Å²) in [6, 6.07) is 2.25. The van der Waals surface area contributed by atoms with Gasteiger partial charge in [0, 0.05) is 0 Å². The molecule has 0 aliphatic heterocycles. The Kier molecular flexibility index (Phi) is 5.96. The second-order valence-corrected chi connectivity index (χ2v) is 5.42. The van der Waals surface area contributed by atoms with Gasteiger partial charge >= 0.3 is 0 Å².